The SMILES string of the molecule is N=Cc1c(Nc2cccc(C(N)=O)c2)nc(-c2ccc(-c3cnccn3)cc2)n(-c2ccc(Cl)cc2)c1=O. The molecular weight excluding hydrogens is 502 g/mol. The zero-order chi connectivity index (χ0) is 26.6. The number of halogens is 1. The number of amides is 1. The van der Waals surface area contributed by atoms with Gasteiger partial charge < -0.3 is 16.5 Å². The third-order valence-electron chi connectivity index (χ3n) is 5.76. The summed E-state index contributed by atoms with van der Waals surface area (Å²) in [5.41, 5.74) is 8.51. The minimum Gasteiger partial charge on any atom is -0.366 e. The van der Waals surface area contributed by atoms with Crippen LogP contribution in [0.25, 0.3) is 28.3 Å². The number of nitrogens with two attached hydrogens (primary N) is 1. The molecule has 0 atom stereocenters. The smallest absolute Gasteiger partial charge is 0.269 e. The molecule has 0 radical (unpaired) electrons. The molecule has 3 aromatic carbocycles. The molecule has 0 unspecified atom stereocenters. The predicted octanol–water partition coefficient (Wildman–Crippen LogP) is 4.85. The van der Waals surface area contributed by atoms with Crippen LogP contribution in [0.4, 0.5) is 11.5 Å². The van der Waals surface area contributed by atoms with Gasteiger partial charge in [-0.1, -0.05) is 41.9 Å². The van der Waals surface area contributed by atoms with Crippen molar-refractivity contribution < 1.29 is 4.79 Å². The van der Waals surface area contributed by atoms with Crippen LogP contribution in [0.1, 0.15) is 15.9 Å². The van der Waals surface area contributed by atoms with Crippen molar-refractivity contribution in [1.29, 1.82) is 5.41 Å². The lowest BCUT2D eigenvalue weighted by atomic mass is 10.1. The first kappa shape index (κ1) is 24.5. The van der Waals surface area contributed by atoms with Crippen LogP contribution in [0.15, 0.2) is 96.2 Å². The van der Waals surface area contributed by atoms with Crippen molar-refractivity contribution in [3.63, 3.8) is 0 Å². The number of benzene rings is 3. The number of carbonyl (C=O) groups excluding carboxylic acids is 1. The molecule has 0 spiro atoms. The fourth-order valence-electron chi connectivity index (χ4n) is 3.91. The molecule has 0 aliphatic rings. The maximum Gasteiger partial charge on any atom is 0.269 e. The summed E-state index contributed by atoms with van der Waals surface area (Å²) in [7, 11) is 0. The summed E-state index contributed by atoms with van der Waals surface area (Å²) in [6.07, 6.45) is 5.83. The second-order valence-electron chi connectivity index (χ2n) is 8.20. The van der Waals surface area contributed by atoms with E-state index in [4.69, 9.17) is 27.7 Å². The molecule has 0 bridgehead atoms. The fourth-order valence-corrected chi connectivity index (χ4v) is 4.03. The van der Waals surface area contributed by atoms with Crippen molar-refractivity contribution in [2.75, 3.05) is 5.32 Å². The van der Waals surface area contributed by atoms with Crippen LogP contribution in [0.3, 0.4) is 0 Å². The molecule has 5 rings (SSSR count). The molecule has 0 fully saturated rings. The van der Waals surface area contributed by atoms with Gasteiger partial charge in [0.15, 0.2) is 0 Å². The van der Waals surface area contributed by atoms with Gasteiger partial charge in [0.25, 0.3) is 5.56 Å². The Morgan fingerprint density at radius 3 is 2.39 bits per heavy atom. The maximum atomic E-state index is 13.8. The fraction of sp³-hybridized carbons (Fsp3) is 0. The van der Waals surface area contributed by atoms with Gasteiger partial charge in [-0.3, -0.25) is 24.1 Å². The Hall–Kier alpha value is -5.15. The first-order valence-corrected chi connectivity index (χ1v) is 11.8. The Morgan fingerprint density at radius 1 is 1.00 bits per heavy atom. The molecule has 2 heterocycles. The van der Waals surface area contributed by atoms with Gasteiger partial charge >= 0.3 is 0 Å². The van der Waals surface area contributed by atoms with Crippen molar-refractivity contribution >= 4 is 35.2 Å². The van der Waals surface area contributed by atoms with Crippen molar-refractivity contribution in [1.82, 2.24) is 19.5 Å². The summed E-state index contributed by atoms with van der Waals surface area (Å²) >= 11 is 6.09. The topological polar surface area (TPSA) is 140 Å². The average molecular weight is 522 g/mol. The zero-order valence-electron chi connectivity index (χ0n) is 19.8. The van der Waals surface area contributed by atoms with E-state index in [1.165, 1.54) is 4.57 Å². The summed E-state index contributed by atoms with van der Waals surface area (Å²) in [4.78, 5) is 38.6. The van der Waals surface area contributed by atoms with Crippen LogP contribution in [-0.4, -0.2) is 31.6 Å². The molecule has 186 valence electrons. The van der Waals surface area contributed by atoms with E-state index < -0.39 is 11.5 Å². The molecule has 0 aliphatic carbocycles. The van der Waals surface area contributed by atoms with Crippen molar-refractivity contribution in [3.8, 4) is 28.3 Å². The second kappa shape index (κ2) is 10.5. The van der Waals surface area contributed by atoms with Gasteiger partial charge in [-0.15, -0.1) is 0 Å². The Kier molecular flexibility index (Phi) is 6.75. The molecule has 38 heavy (non-hydrogen) atoms. The minimum absolute atomic E-state index is 0.0318. The number of rotatable bonds is 7. The normalized spacial score (nSPS) is 10.7. The van der Waals surface area contributed by atoms with Crippen LogP contribution in [0.2, 0.25) is 5.02 Å². The van der Waals surface area contributed by atoms with Gasteiger partial charge in [-0.2, -0.15) is 0 Å². The van der Waals surface area contributed by atoms with E-state index >= 15 is 0 Å². The van der Waals surface area contributed by atoms with Gasteiger partial charge in [0, 0.05) is 46.0 Å². The highest BCUT2D eigenvalue weighted by Crippen LogP contribution is 2.27. The van der Waals surface area contributed by atoms with E-state index in [-0.39, 0.29) is 11.4 Å². The van der Waals surface area contributed by atoms with Crippen LogP contribution < -0.4 is 16.6 Å². The quantitative estimate of drug-likeness (QED) is 0.261. The molecule has 0 saturated heterocycles. The minimum atomic E-state index is -0.587. The Morgan fingerprint density at radius 2 is 1.74 bits per heavy atom. The third-order valence-corrected chi connectivity index (χ3v) is 6.01. The van der Waals surface area contributed by atoms with Gasteiger partial charge in [0.2, 0.25) is 5.91 Å². The van der Waals surface area contributed by atoms with Gasteiger partial charge in [0.05, 0.1) is 17.6 Å². The number of aromatic nitrogens is 4. The van der Waals surface area contributed by atoms with Crippen LogP contribution in [0.5, 0.6) is 0 Å². The third kappa shape index (κ3) is 4.91. The predicted molar refractivity (Wildman–Crippen MR) is 147 cm³/mol. The van der Waals surface area contributed by atoms with E-state index in [2.05, 4.69) is 15.3 Å². The first-order chi connectivity index (χ1) is 18.4. The molecule has 0 saturated carbocycles. The number of nitrogens with one attached hydrogen (secondary N) is 2. The molecule has 1 amide bonds. The summed E-state index contributed by atoms with van der Waals surface area (Å²) in [6.45, 7) is 0. The number of hydrogen-bond acceptors (Lipinski definition) is 7. The molecule has 4 N–H and O–H groups in total. The van der Waals surface area contributed by atoms with E-state index in [1.54, 1.807) is 67.1 Å². The zero-order valence-corrected chi connectivity index (χ0v) is 20.6. The number of primary amides is 1. The van der Waals surface area contributed by atoms with E-state index in [0.29, 0.717) is 39.0 Å². The number of hydrogen-bond donors (Lipinski definition) is 3. The van der Waals surface area contributed by atoms with Crippen LogP contribution in [0, 0.1) is 5.41 Å². The lowest BCUT2D eigenvalue weighted by Crippen LogP contribution is -2.26. The van der Waals surface area contributed by atoms with E-state index in [1.807, 2.05) is 24.3 Å². The second-order valence-corrected chi connectivity index (χ2v) is 8.63. The van der Waals surface area contributed by atoms with Gasteiger partial charge in [-0.05, 0) is 42.5 Å². The lowest BCUT2D eigenvalue weighted by molar-refractivity contribution is 0.100. The molecule has 9 nitrogen and oxygen atoms in total. The van der Waals surface area contributed by atoms with Crippen LogP contribution >= 0.6 is 11.6 Å². The van der Waals surface area contributed by atoms with Crippen molar-refractivity contribution in [2.24, 2.45) is 5.73 Å². The highest BCUT2D eigenvalue weighted by molar-refractivity contribution is 6.30. The van der Waals surface area contributed by atoms with Crippen molar-refractivity contribution in [3.05, 3.63) is 118 Å². The number of nitrogens with zero attached hydrogens (tertiary/aromatic N) is 4. The average Bonchev–Trinajstić information content (AvgIpc) is 2.94. The highest BCUT2D eigenvalue weighted by Gasteiger charge is 2.19. The Bertz CT molecular complexity index is 1700. The largest absolute Gasteiger partial charge is 0.366 e. The summed E-state index contributed by atoms with van der Waals surface area (Å²) in [5.74, 6) is -0.0945. The van der Waals surface area contributed by atoms with Gasteiger partial charge in [0.1, 0.15) is 17.2 Å². The molecular formula is C28H20ClN7O2. The first-order valence-electron chi connectivity index (χ1n) is 11.4. The van der Waals surface area contributed by atoms with Crippen molar-refractivity contribution in [2.45, 2.75) is 0 Å². The number of carbonyl (C=O) groups is 1. The molecule has 0 aliphatic heterocycles. The van der Waals surface area contributed by atoms with Crippen LogP contribution in [-0.2, 0) is 0 Å². The Labute approximate surface area is 222 Å². The van der Waals surface area contributed by atoms with E-state index in [9.17, 15) is 9.59 Å². The van der Waals surface area contributed by atoms with E-state index in [0.717, 1.165) is 11.8 Å². The van der Waals surface area contributed by atoms with Gasteiger partial charge in [-0.25, -0.2) is 4.98 Å². The summed E-state index contributed by atoms with van der Waals surface area (Å²) in [6, 6.07) is 20.7. The monoisotopic (exact) mass is 521 g/mol. The summed E-state index contributed by atoms with van der Waals surface area (Å²) in [5, 5.41) is 11.6. The standard InChI is InChI=1S/C28H20ClN7O2/c29-20-8-10-22(11-9-20)36-27(18-6-4-17(5-7-18)24-16-32-12-13-33-24)35-26(23(15-30)28(36)38)34-21-3-1-2-19(14-21)25(31)37/h1-16,30,34H,(H2,31,37). The lowest BCUT2D eigenvalue weighted by Gasteiger charge is -2.17. The molecule has 10 heteroatoms. The number of anilines is 2. The maximum absolute atomic E-state index is 13.8. The Balaban J connectivity index is 1.69. The molecule has 5 aromatic rings. The molecule has 2 aromatic heterocycles. The summed E-state index contributed by atoms with van der Waals surface area (Å²) < 4.78 is 1.43. The highest BCUT2D eigenvalue weighted by atomic mass is 35.5.